The number of hydrogen-bond donors (Lipinski definition) is 2. The van der Waals surface area contributed by atoms with Crippen LogP contribution in [-0.4, -0.2) is 15.9 Å². The average Bonchev–Trinajstić information content (AvgIpc) is 2.83. The number of carbonyl (C=O) groups excluding carboxylic acids is 1. The van der Waals surface area contributed by atoms with Gasteiger partial charge in [-0.1, -0.05) is 23.7 Å². The molecule has 0 aliphatic carbocycles. The molecule has 1 heterocycles. The first-order chi connectivity index (χ1) is 9.54. The quantitative estimate of drug-likeness (QED) is 0.739. The highest BCUT2D eigenvalue weighted by Crippen LogP contribution is 2.29. The van der Waals surface area contributed by atoms with Crippen molar-refractivity contribution in [2.24, 2.45) is 5.73 Å². The van der Waals surface area contributed by atoms with Crippen molar-refractivity contribution in [2.45, 2.75) is 0 Å². The number of nitrogens with zero attached hydrogens (tertiary/aromatic N) is 1. The Kier molecular flexibility index (Phi) is 3.23. The van der Waals surface area contributed by atoms with Crippen molar-refractivity contribution < 1.29 is 4.79 Å². The van der Waals surface area contributed by atoms with E-state index in [4.69, 9.17) is 17.3 Å². The number of amides is 1. The molecular weight excluding hydrogens is 342 g/mol. The Morgan fingerprint density at radius 2 is 1.95 bits per heavy atom. The van der Waals surface area contributed by atoms with E-state index in [2.05, 4.69) is 25.9 Å². The number of aromatic amines is 1. The SMILES string of the molecule is NC(=O)c1ccc(-c2nc3c(Br)cc(Cl)cc3[nH]2)cc1. The Morgan fingerprint density at radius 1 is 1.25 bits per heavy atom. The number of primary amides is 1. The molecule has 0 fully saturated rings. The van der Waals surface area contributed by atoms with E-state index in [1.165, 1.54) is 0 Å². The first-order valence-corrected chi connectivity index (χ1v) is 6.97. The predicted molar refractivity (Wildman–Crippen MR) is 82.8 cm³/mol. The standard InChI is InChI=1S/C14H9BrClN3O/c15-10-5-9(16)6-11-12(10)19-14(18-11)8-3-1-7(2-4-8)13(17)20/h1-6H,(H2,17,20)(H,18,19). The van der Waals surface area contributed by atoms with Crippen molar-refractivity contribution in [3.05, 3.63) is 51.5 Å². The van der Waals surface area contributed by atoms with Crippen LogP contribution in [0.25, 0.3) is 22.4 Å². The number of fused-ring (bicyclic) bond motifs is 1. The summed E-state index contributed by atoms with van der Waals surface area (Å²) in [6, 6.07) is 10.6. The lowest BCUT2D eigenvalue weighted by atomic mass is 10.1. The molecule has 0 saturated heterocycles. The van der Waals surface area contributed by atoms with Gasteiger partial charge in [-0.05, 0) is 40.2 Å². The summed E-state index contributed by atoms with van der Waals surface area (Å²) in [7, 11) is 0. The molecule has 6 heteroatoms. The molecule has 0 aliphatic heterocycles. The van der Waals surface area contributed by atoms with Crippen LogP contribution in [0.2, 0.25) is 5.02 Å². The number of H-pyrrole nitrogens is 1. The summed E-state index contributed by atoms with van der Waals surface area (Å²) in [5.74, 6) is 0.259. The number of rotatable bonds is 2. The number of hydrogen-bond acceptors (Lipinski definition) is 2. The Hall–Kier alpha value is -1.85. The summed E-state index contributed by atoms with van der Waals surface area (Å²) in [6.45, 7) is 0. The molecule has 3 aromatic rings. The fourth-order valence-corrected chi connectivity index (χ4v) is 2.87. The van der Waals surface area contributed by atoms with Crippen molar-refractivity contribution in [3.8, 4) is 11.4 Å². The number of imidazole rings is 1. The van der Waals surface area contributed by atoms with Crippen LogP contribution in [-0.2, 0) is 0 Å². The molecule has 2 aromatic carbocycles. The molecular formula is C14H9BrClN3O. The van der Waals surface area contributed by atoms with Crippen LogP contribution in [0.5, 0.6) is 0 Å². The topological polar surface area (TPSA) is 71.8 Å². The third-order valence-electron chi connectivity index (χ3n) is 2.95. The molecule has 3 N–H and O–H groups in total. The Bertz CT molecular complexity index is 811. The summed E-state index contributed by atoms with van der Waals surface area (Å²) in [5.41, 5.74) is 8.21. The molecule has 0 bridgehead atoms. The normalized spacial score (nSPS) is 10.9. The van der Waals surface area contributed by atoms with Gasteiger partial charge in [0.25, 0.3) is 0 Å². The van der Waals surface area contributed by atoms with Crippen LogP contribution >= 0.6 is 27.5 Å². The minimum absolute atomic E-state index is 0.448. The lowest BCUT2D eigenvalue weighted by Gasteiger charge is -1.98. The number of halogens is 2. The van der Waals surface area contributed by atoms with E-state index in [-0.39, 0.29) is 0 Å². The third kappa shape index (κ3) is 2.30. The van der Waals surface area contributed by atoms with E-state index in [9.17, 15) is 4.79 Å². The molecule has 4 nitrogen and oxygen atoms in total. The first kappa shape index (κ1) is 13.1. The van der Waals surface area contributed by atoms with Gasteiger partial charge < -0.3 is 10.7 Å². The largest absolute Gasteiger partial charge is 0.366 e. The van der Waals surface area contributed by atoms with Gasteiger partial charge in [0.15, 0.2) is 0 Å². The second-order valence-electron chi connectivity index (χ2n) is 4.31. The molecule has 0 unspecified atom stereocenters. The minimum atomic E-state index is -0.448. The molecule has 3 rings (SSSR count). The van der Waals surface area contributed by atoms with Gasteiger partial charge in [0, 0.05) is 20.6 Å². The molecule has 0 aliphatic rings. The first-order valence-electron chi connectivity index (χ1n) is 5.79. The van der Waals surface area contributed by atoms with E-state index in [0.29, 0.717) is 16.4 Å². The number of nitrogens with two attached hydrogens (primary N) is 1. The zero-order chi connectivity index (χ0) is 14.3. The Morgan fingerprint density at radius 3 is 2.60 bits per heavy atom. The van der Waals surface area contributed by atoms with E-state index in [0.717, 1.165) is 21.1 Å². The summed E-state index contributed by atoms with van der Waals surface area (Å²) in [4.78, 5) is 18.8. The van der Waals surface area contributed by atoms with Crippen LogP contribution in [0.1, 0.15) is 10.4 Å². The van der Waals surface area contributed by atoms with E-state index < -0.39 is 5.91 Å². The van der Waals surface area contributed by atoms with Crippen LogP contribution in [0.15, 0.2) is 40.9 Å². The number of carbonyl (C=O) groups is 1. The summed E-state index contributed by atoms with van der Waals surface area (Å²) < 4.78 is 0.830. The zero-order valence-corrected chi connectivity index (χ0v) is 12.5. The van der Waals surface area contributed by atoms with Gasteiger partial charge in [-0.2, -0.15) is 0 Å². The van der Waals surface area contributed by atoms with Gasteiger partial charge >= 0.3 is 0 Å². The lowest BCUT2D eigenvalue weighted by Crippen LogP contribution is -2.10. The van der Waals surface area contributed by atoms with E-state index >= 15 is 0 Å². The molecule has 100 valence electrons. The molecule has 0 saturated carbocycles. The molecule has 0 atom stereocenters. The maximum atomic E-state index is 11.0. The van der Waals surface area contributed by atoms with Gasteiger partial charge in [0.1, 0.15) is 11.3 Å². The smallest absolute Gasteiger partial charge is 0.248 e. The highest BCUT2D eigenvalue weighted by molar-refractivity contribution is 9.10. The van der Waals surface area contributed by atoms with Crippen molar-refractivity contribution in [3.63, 3.8) is 0 Å². The number of nitrogens with one attached hydrogen (secondary N) is 1. The fraction of sp³-hybridized carbons (Fsp3) is 0. The Balaban J connectivity index is 2.10. The maximum Gasteiger partial charge on any atom is 0.248 e. The van der Waals surface area contributed by atoms with Gasteiger partial charge in [-0.25, -0.2) is 4.98 Å². The van der Waals surface area contributed by atoms with Crippen LogP contribution in [0.3, 0.4) is 0 Å². The maximum absolute atomic E-state index is 11.0. The molecule has 0 spiro atoms. The second kappa shape index (κ2) is 4.92. The van der Waals surface area contributed by atoms with E-state index in [1.807, 2.05) is 6.07 Å². The van der Waals surface area contributed by atoms with Crippen LogP contribution < -0.4 is 5.73 Å². The number of aromatic nitrogens is 2. The summed E-state index contributed by atoms with van der Waals surface area (Å²) >= 11 is 9.44. The van der Waals surface area contributed by atoms with Crippen molar-refractivity contribution in [1.82, 2.24) is 9.97 Å². The monoisotopic (exact) mass is 349 g/mol. The van der Waals surface area contributed by atoms with Crippen molar-refractivity contribution >= 4 is 44.5 Å². The summed E-state index contributed by atoms with van der Waals surface area (Å²) in [6.07, 6.45) is 0. The van der Waals surface area contributed by atoms with Crippen molar-refractivity contribution in [2.75, 3.05) is 0 Å². The third-order valence-corrected chi connectivity index (χ3v) is 3.77. The molecule has 0 radical (unpaired) electrons. The molecule has 20 heavy (non-hydrogen) atoms. The fourth-order valence-electron chi connectivity index (χ4n) is 1.97. The summed E-state index contributed by atoms with van der Waals surface area (Å²) in [5, 5.41) is 0.628. The van der Waals surface area contributed by atoms with Crippen molar-refractivity contribution in [1.29, 1.82) is 0 Å². The molecule has 1 aromatic heterocycles. The minimum Gasteiger partial charge on any atom is -0.366 e. The van der Waals surface area contributed by atoms with Gasteiger partial charge in [-0.3, -0.25) is 4.79 Å². The molecule has 1 amide bonds. The lowest BCUT2D eigenvalue weighted by molar-refractivity contribution is 0.100. The average molecular weight is 351 g/mol. The number of benzene rings is 2. The highest BCUT2D eigenvalue weighted by atomic mass is 79.9. The van der Waals surface area contributed by atoms with Gasteiger partial charge in [0.05, 0.1) is 5.52 Å². The van der Waals surface area contributed by atoms with E-state index in [1.54, 1.807) is 30.3 Å². The van der Waals surface area contributed by atoms with Gasteiger partial charge in [0.2, 0.25) is 5.91 Å². The second-order valence-corrected chi connectivity index (χ2v) is 5.60. The Labute approximate surface area is 128 Å². The van der Waals surface area contributed by atoms with Gasteiger partial charge in [-0.15, -0.1) is 0 Å². The zero-order valence-electron chi connectivity index (χ0n) is 10.2. The van der Waals surface area contributed by atoms with Crippen LogP contribution in [0.4, 0.5) is 0 Å². The van der Waals surface area contributed by atoms with Crippen LogP contribution in [0, 0.1) is 0 Å². The predicted octanol–water partition coefficient (Wildman–Crippen LogP) is 3.74. The highest BCUT2D eigenvalue weighted by Gasteiger charge is 2.09.